The fourth-order valence-corrected chi connectivity index (χ4v) is 12.8. The summed E-state index contributed by atoms with van der Waals surface area (Å²) in [7, 11) is -4.51. The molecule has 0 bridgehead atoms. The summed E-state index contributed by atoms with van der Waals surface area (Å²) in [6.45, 7) is 7.75. The molecule has 6 aromatic carbocycles. The van der Waals surface area contributed by atoms with E-state index in [1.807, 2.05) is 125 Å². The van der Waals surface area contributed by atoms with E-state index < -0.39 is 14.3 Å². The van der Waals surface area contributed by atoms with Crippen LogP contribution in [0.2, 0.25) is 0 Å². The molecule has 54 heavy (non-hydrogen) atoms. The number of aryl methyl sites for hydroxylation is 4. The first-order chi connectivity index (χ1) is 26.1. The van der Waals surface area contributed by atoms with Crippen molar-refractivity contribution in [2.75, 3.05) is 27.8 Å². The van der Waals surface area contributed by atoms with Crippen LogP contribution < -0.4 is 60.2 Å². The SMILES string of the molecule is COc1cc(P(=O)(c2ccc(C)cc2)c2ccc(C)cc2)c(-c2c(P(=O)(c3ccc(C)cc3)c3ccc(C)cc3)cc(OC)c3c2OCO3)c2c1OCO2. The molecule has 0 spiro atoms. The largest absolute Gasteiger partial charge is 0.493 e. The molecule has 2 aliphatic heterocycles. The van der Waals surface area contributed by atoms with Crippen LogP contribution in [0.25, 0.3) is 11.1 Å². The zero-order valence-electron chi connectivity index (χ0n) is 31.0. The first-order valence-corrected chi connectivity index (χ1v) is 21.0. The Kier molecular flexibility index (Phi) is 9.08. The first kappa shape index (κ1) is 35.6. The molecule has 0 unspecified atom stereocenters. The molecule has 0 atom stereocenters. The Hall–Kier alpha value is -5.42. The number of fused-ring (bicyclic) bond motifs is 2. The molecule has 274 valence electrons. The number of hydrogen-bond acceptors (Lipinski definition) is 8. The number of benzene rings is 6. The van der Waals surface area contributed by atoms with E-state index in [2.05, 4.69) is 0 Å². The lowest BCUT2D eigenvalue weighted by molar-refractivity contribution is 0.170. The van der Waals surface area contributed by atoms with Crippen molar-refractivity contribution in [2.45, 2.75) is 27.7 Å². The van der Waals surface area contributed by atoms with Crippen molar-refractivity contribution in [1.29, 1.82) is 0 Å². The van der Waals surface area contributed by atoms with Gasteiger partial charge in [-0.15, -0.1) is 0 Å². The molecular weight excluding hydrogens is 718 g/mol. The number of ether oxygens (including phenoxy) is 6. The normalized spacial score (nSPS) is 13.2. The van der Waals surface area contributed by atoms with Crippen LogP contribution in [0.4, 0.5) is 0 Å². The van der Waals surface area contributed by atoms with Crippen LogP contribution in [0.3, 0.4) is 0 Å². The molecule has 0 saturated carbocycles. The van der Waals surface area contributed by atoms with Crippen molar-refractivity contribution >= 4 is 46.1 Å². The Morgan fingerprint density at radius 1 is 0.426 bits per heavy atom. The second-order valence-corrected chi connectivity index (χ2v) is 19.1. The van der Waals surface area contributed by atoms with Crippen LogP contribution in [-0.4, -0.2) is 27.8 Å². The van der Waals surface area contributed by atoms with Gasteiger partial charge in [0, 0.05) is 43.0 Å². The molecule has 6 aromatic rings. The third kappa shape index (κ3) is 5.68. The smallest absolute Gasteiger partial charge is 0.231 e. The molecule has 0 aliphatic carbocycles. The second-order valence-electron chi connectivity index (χ2n) is 13.6. The monoisotopic (exact) mass is 758 g/mol. The minimum absolute atomic E-state index is 0.111. The summed E-state index contributed by atoms with van der Waals surface area (Å²) in [6, 6.07) is 34.4. The van der Waals surface area contributed by atoms with Crippen molar-refractivity contribution in [3.8, 4) is 45.6 Å². The first-order valence-electron chi connectivity index (χ1n) is 17.6. The second kappa shape index (κ2) is 13.8. The van der Waals surface area contributed by atoms with Crippen LogP contribution in [0.15, 0.2) is 109 Å². The van der Waals surface area contributed by atoms with Gasteiger partial charge < -0.3 is 37.6 Å². The molecule has 10 heteroatoms. The van der Waals surface area contributed by atoms with Gasteiger partial charge in [0.05, 0.1) is 14.2 Å². The molecule has 0 saturated heterocycles. The lowest BCUT2D eigenvalue weighted by Gasteiger charge is -2.29. The molecule has 0 radical (unpaired) electrons. The Balaban J connectivity index is 1.58. The maximum atomic E-state index is 16.6. The van der Waals surface area contributed by atoms with E-state index in [-0.39, 0.29) is 13.6 Å². The van der Waals surface area contributed by atoms with Gasteiger partial charge in [-0.05, 0) is 39.8 Å². The summed E-state index contributed by atoms with van der Waals surface area (Å²) in [5.41, 5.74) is 4.91. The van der Waals surface area contributed by atoms with Gasteiger partial charge in [-0.25, -0.2) is 0 Å². The van der Waals surface area contributed by atoms with E-state index >= 15 is 9.13 Å². The van der Waals surface area contributed by atoms with Gasteiger partial charge in [0.2, 0.25) is 25.1 Å². The van der Waals surface area contributed by atoms with Crippen LogP contribution in [0.1, 0.15) is 22.3 Å². The van der Waals surface area contributed by atoms with Gasteiger partial charge in [0.1, 0.15) is 0 Å². The molecule has 0 N–H and O–H groups in total. The van der Waals surface area contributed by atoms with Gasteiger partial charge >= 0.3 is 0 Å². The maximum absolute atomic E-state index is 16.6. The highest BCUT2D eigenvalue weighted by Crippen LogP contribution is 2.60. The minimum atomic E-state index is -3.80. The highest BCUT2D eigenvalue weighted by molar-refractivity contribution is 7.86. The third-order valence-corrected chi connectivity index (χ3v) is 16.3. The number of hydrogen-bond donors (Lipinski definition) is 0. The van der Waals surface area contributed by atoms with Crippen molar-refractivity contribution in [2.24, 2.45) is 0 Å². The fourth-order valence-electron chi connectivity index (χ4n) is 7.21. The molecule has 8 nitrogen and oxygen atoms in total. The van der Waals surface area contributed by atoms with Gasteiger partial charge in [-0.1, -0.05) is 119 Å². The standard InChI is InChI=1S/C44H40O8P2/c1-27-7-15-31(16-8-27)53(45,32-17-9-28(2)10-18-32)37-23-35(47-5)41-43(51-25-49-41)39(37)40-38(24-36(48-6)42-44(40)52-26-50-42)54(46,33-19-11-29(3)12-20-33)34-21-13-30(4)14-22-34/h7-24H,25-26H2,1-6H3. The number of rotatable bonds is 9. The summed E-state index contributed by atoms with van der Waals surface area (Å²) in [5, 5.41) is 3.21. The highest BCUT2D eigenvalue weighted by atomic mass is 31.2. The number of methoxy groups -OCH3 is 2. The summed E-state index contributed by atoms with van der Waals surface area (Å²) in [4.78, 5) is 0. The molecule has 8 rings (SSSR count). The van der Waals surface area contributed by atoms with Crippen LogP contribution >= 0.6 is 14.3 Å². The average Bonchev–Trinajstić information content (AvgIpc) is 3.89. The molecule has 0 amide bonds. The predicted molar refractivity (Wildman–Crippen MR) is 215 cm³/mol. The van der Waals surface area contributed by atoms with Gasteiger partial charge in [-0.2, -0.15) is 0 Å². The van der Waals surface area contributed by atoms with E-state index in [9.17, 15) is 0 Å². The average molecular weight is 759 g/mol. The quantitative estimate of drug-likeness (QED) is 0.142. The van der Waals surface area contributed by atoms with E-state index in [1.165, 1.54) is 0 Å². The summed E-state index contributed by atoms with van der Waals surface area (Å²) < 4.78 is 69.9. The predicted octanol–water partition coefficient (Wildman–Crippen LogP) is 7.34. The summed E-state index contributed by atoms with van der Waals surface area (Å²) >= 11 is 0. The third-order valence-electron chi connectivity index (χ3n) is 10.1. The van der Waals surface area contributed by atoms with Crippen LogP contribution in [0, 0.1) is 27.7 Å². The van der Waals surface area contributed by atoms with Crippen LogP contribution in [0.5, 0.6) is 34.5 Å². The lowest BCUT2D eigenvalue weighted by atomic mass is 10.0. The molecule has 2 heterocycles. The van der Waals surface area contributed by atoms with Gasteiger partial charge in [0.15, 0.2) is 37.3 Å². The van der Waals surface area contributed by atoms with E-state index in [4.69, 9.17) is 28.4 Å². The lowest BCUT2D eigenvalue weighted by Crippen LogP contribution is -2.30. The Morgan fingerprint density at radius 3 is 0.944 bits per heavy atom. The van der Waals surface area contributed by atoms with E-state index in [0.717, 1.165) is 22.3 Å². The summed E-state index contributed by atoms with van der Waals surface area (Å²) in [6.07, 6.45) is 0. The Labute approximate surface area is 315 Å². The van der Waals surface area contributed by atoms with Crippen molar-refractivity contribution < 1.29 is 37.6 Å². The molecule has 0 fully saturated rings. The van der Waals surface area contributed by atoms with Gasteiger partial charge in [-0.3, -0.25) is 0 Å². The molecule has 2 aliphatic rings. The minimum Gasteiger partial charge on any atom is -0.493 e. The van der Waals surface area contributed by atoms with Crippen molar-refractivity contribution in [1.82, 2.24) is 0 Å². The fraction of sp³-hybridized carbons (Fsp3) is 0.182. The molecule has 0 aromatic heterocycles. The summed E-state index contributed by atoms with van der Waals surface area (Å²) in [5.74, 6) is 1.98. The highest BCUT2D eigenvalue weighted by Gasteiger charge is 2.44. The topological polar surface area (TPSA) is 89.5 Å². The van der Waals surface area contributed by atoms with E-state index in [1.54, 1.807) is 26.4 Å². The van der Waals surface area contributed by atoms with E-state index in [0.29, 0.717) is 77.5 Å². The van der Waals surface area contributed by atoms with Gasteiger partial charge in [0.25, 0.3) is 0 Å². The van der Waals surface area contributed by atoms with Crippen LogP contribution in [-0.2, 0) is 9.13 Å². The van der Waals surface area contributed by atoms with Crippen molar-refractivity contribution in [3.63, 3.8) is 0 Å². The Bertz CT molecular complexity index is 2220. The zero-order valence-corrected chi connectivity index (χ0v) is 32.8. The van der Waals surface area contributed by atoms with Crippen molar-refractivity contribution in [3.05, 3.63) is 131 Å². The zero-order chi connectivity index (χ0) is 37.8. The maximum Gasteiger partial charge on any atom is 0.231 e. The Morgan fingerprint density at radius 2 is 0.685 bits per heavy atom. The molecular formula is C44H40O8P2.